The van der Waals surface area contributed by atoms with Crippen molar-refractivity contribution in [2.45, 2.75) is 26.9 Å². The minimum absolute atomic E-state index is 0.0944. The number of aryl methyl sites for hydroxylation is 1. The monoisotopic (exact) mass is 467 g/mol. The molecule has 0 aliphatic rings. The molecule has 0 aliphatic heterocycles. The molecule has 4 aromatic rings. The predicted molar refractivity (Wildman–Crippen MR) is 119 cm³/mol. The molecule has 1 amide bonds. The third kappa shape index (κ3) is 4.90. The second kappa shape index (κ2) is 8.97. The van der Waals surface area contributed by atoms with Crippen LogP contribution in [0.25, 0.3) is 5.82 Å². The van der Waals surface area contributed by atoms with Gasteiger partial charge in [0.05, 0.1) is 11.3 Å². The molecule has 0 fully saturated rings. The molecule has 174 valence electrons. The Morgan fingerprint density at radius 2 is 1.74 bits per heavy atom. The zero-order valence-corrected chi connectivity index (χ0v) is 18.5. The van der Waals surface area contributed by atoms with E-state index < -0.39 is 17.6 Å². The third-order valence-corrected chi connectivity index (χ3v) is 5.28. The van der Waals surface area contributed by atoms with Crippen molar-refractivity contribution >= 4 is 11.6 Å². The lowest BCUT2D eigenvalue weighted by Crippen LogP contribution is -2.13. The lowest BCUT2D eigenvalue weighted by molar-refractivity contribution is -0.137. The zero-order chi connectivity index (χ0) is 24.5. The van der Waals surface area contributed by atoms with Gasteiger partial charge in [-0.1, -0.05) is 6.07 Å². The van der Waals surface area contributed by atoms with Crippen LogP contribution in [0.4, 0.5) is 18.9 Å². The number of nitrogens with one attached hydrogen (secondary N) is 1. The molecule has 0 radical (unpaired) electrons. The summed E-state index contributed by atoms with van der Waals surface area (Å²) < 4.78 is 46.1. The quantitative estimate of drug-likeness (QED) is 0.410. The molecule has 2 heterocycles. The van der Waals surface area contributed by atoms with E-state index >= 15 is 0 Å². The van der Waals surface area contributed by atoms with E-state index in [1.165, 1.54) is 18.5 Å². The number of halogens is 3. The minimum Gasteiger partial charge on any atom is -0.439 e. The van der Waals surface area contributed by atoms with Crippen LogP contribution in [-0.2, 0) is 6.18 Å². The highest BCUT2D eigenvalue weighted by Gasteiger charge is 2.30. The number of benzene rings is 2. The van der Waals surface area contributed by atoms with Gasteiger partial charge >= 0.3 is 6.18 Å². The van der Waals surface area contributed by atoms with E-state index in [-0.39, 0.29) is 5.56 Å². The summed E-state index contributed by atoms with van der Waals surface area (Å²) in [6.07, 6.45) is -3.15. The van der Waals surface area contributed by atoms with Crippen LogP contribution in [0.1, 0.15) is 32.9 Å². The number of nitrogens with zero attached hydrogens (tertiary/aromatic N) is 4. The molecule has 4 rings (SSSR count). The van der Waals surface area contributed by atoms with Gasteiger partial charge in [0.15, 0.2) is 5.82 Å². The number of hydrogen-bond acceptors (Lipinski definition) is 5. The van der Waals surface area contributed by atoms with Crippen molar-refractivity contribution in [2.24, 2.45) is 0 Å². The van der Waals surface area contributed by atoms with Gasteiger partial charge in [0.1, 0.15) is 12.1 Å². The number of aromatic nitrogens is 4. The smallest absolute Gasteiger partial charge is 0.416 e. The number of carbonyl (C=O) groups excluding carboxylic acids is 1. The van der Waals surface area contributed by atoms with E-state index in [1.54, 1.807) is 35.0 Å². The van der Waals surface area contributed by atoms with Crippen LogP contribution in [-0.4, -0.2) is 25.7 Å². The lowest BCUT2D eigenvalue weighted by Gasteiger charge is -2.10. The molecule has 7 nitrogen and oxygen atoms in total. The molecule has 2 aromatic heterocycles. The van der Waals surface area contributed by atoms with Crippen LogP contribution in [0.15, 0.2) is 60.9 Å². The van der Waals surface area contributed by atoms with Crippen molar-refractivity contribution in [1.29, 1.82) is 0 Å². The SMILES string of the molecule is Cc1nn(-c2cc(Oc3ccc(NC(=O)c4cccc(C(F)(F)F)c4)cc3)ncn2)c(C)c1C. The van der Waals surface area contributed by atoms with Crippen LogP contribution in [0.3, 0.4) is 0 Å². The molecule has 0 atom stereocenters. The van der Waals surface area contributed by atoms with E-state index in [9.17, 15) is 18.0 Å². The maximum absolute atomic E-state index is 12.9. The van der Waals surface area contributed by atoms with Gasteiger partial charge in [-0.2, -0.15) is 18.3 Å². The fourth-order valence-corrected chi connectivity index (χ4v) is 3.21. The molecule has 0 saturated heterocycles. The summed E-state index contributed by atoms with van der Waals surface area (Å²) in [4.78, 5) is 20.7. The Hall–Kier alpha value is -4.21. The fraction of sp³-hybridized carbons (Fsp3) is 0.167. The van der Waals surface area contributed by atoms with Crippen LogP contribution < -0.4 is 10.1 Å². The van der Waals surface area contributed by atoms with Gasteiger partial charge in [-0.25, -0.2) is 14.6 Å². The maximum Gasteiger partial charge on any atom is 0.416 e. The molecule has 34 heavy (non-hydrogen) atoms. The summed E-state index contributed by atoms with van der Waals surface area (Å²) in [7, 11) is 0. The van der Waals surface area contributed by atoms with Gasteiger partial charge in [-0.3, -0.25) is 4.79 Å². The maximum atomic E-state index is 12.9. The van der Waals surface area contributed by atoms with Crippen LogP contribution in [0, 0.1) is 20.8 Å². The first-order chi connectivity index (χ1) is 16.1. The summed E-state index contributed by atoms with van der Waals surface area (Å²) in [5.74, 6) is 0.659. The number of rotatable bonds is 5. The first kappa shape index (κ1) is 23.0. The van der Waals surface area contributed by atoms with Crippen molar-refractivity contribution in [1.82, 2.24) is 19.7 Å². The summed E-state index contributed by atoms with van der Waals surface area (Å²) in [5.41, 5.74) is 2.36. The number of ether oxygens (including phenoxy) is 1. The molecule has 1 N–H and O–H groups in total. The first-order valence-electron chi connectivity index (χ1n) is 10.2. The normalized spacial score (nSPS) is 11.4. The second-order valence-electron chi connectivity index (χ2n) is 7.58. The number of anilines is 1. The van der Waals surface area contributed by atoms with Gasteiger partial charge in [0, 0.05) is 23.0 Å². The summed E-state index contributed by atoms with van der Waals surface area (Å²) >= 11 is 0. The minimum atomic E-state index is -4.52. The van der Waals surface area contributed by atoms with Gasteiger partial charge in [-0.05, 0) is 68.8 Å². The van der Waals surface area contributed by atoms with Gasteiger partial charge in [-0.15, -0.1) is 0 Å². The topological polar surface area (TPSA) is 81.9 Å². The highest BCUT2D eigenvalue weighted by molar-refractivity contribution is 6.04. The van der Waals surface area contributed by atoms with Gasteiger partial charge in [0.2, 0.25) is 5.88 Å². The van der Waals surface area contributed by atoms with E-state index in [0.29, 0.717) is 23.1 Å². The van der Waals surface area contributed by atoms with Crippen LogP contribution in [0.2, 0.25) is 0 Å². The number of carbonyl (C=O) groups is 1. The Balaban J connectivity index is 1.46. The number of hydrogen-bond donors (Lipinski definition) is 1. The summed E-state index contributed by atoms with van der Waals surface area (Å²) in [6, 6.07) is 12.3. The molecule has 0 saturated carbocycles. The van der Waals surface area contributed by atoms with E-state index in [4.69, 9.17) is 4.74 Å². The highest BCUT2D eigenvalue weighted by atomic mass is 19.4. The van der Waals surface area contributed by atoms with Crippen LogP contribution >= 0.6 is 0 Å². The van der Waals surface area contributed by atoms with E-state index in [1.807, 2.05) is 20.8 Å². The van der Waals surface area contributed by atoms with Crippen LogP contribution in [0.5, 0.6) is 11.6 Å². The van der Waals surface area contributed by atoms with E-state index in [2.05, 4.69) is 20.4 Å². The molecule has 10 heteroatoms. The molecule has 0 unspecified atom stereocenters. The number of alkyl halides is 3. The average molecular weight is 467 g/mol. The predicted octanol–water partition coefficient (Wildman–Crippen LogP) is 5.65. The molecular weight excluding hydrogens is 447 g/mol. The Labute approximate surface area is 193 Å². The molecule has 0 aliphatic carbocycles. The Morgan fingerprint density at radius 3 is 2.38 bits per heavy atom. The summed E-state index contributed by atoms with van der Waals surface area (Å²) in [5, 5.41) is 7.05. The number of amides is 1. The van der Waals surface area contributed by atoms with Crippen molar-refractivity contribution in [3.8, 4) is 17.4 Å². The first-order valence-corrected chi connectivity index (χ1v) is 10.2. The van der Waals surface area contributed by atoms with Crippen molar-refractivity contribution in [3.63, 3.8) is 0 Å². The van der Waals surface area contributed by atoms with Gasteiger partial charge in [0.25, 0.3) is 5.91 Å². The molecular formula is C24H20F3N5O2. The fourth-order valence-electron chi connectivity index (χ4n) is 3.21. The Morgan fingerprint density at radius 1 is 1.00 bits per heavy atom. The third-order valence-electron chi connectivity index (χ3n) is 5.28. The van der Waals surface area contributed by atoms with Crippen molar-refractivity contribution in [3.05, 3.63) is 89.0 Å². The van der Waals surface area contributed by atoms with Crippen molar-refractivity contribution in [2.75, 3.05) is 5.32 Å². The van der Waals surface area contributed by atoms with Crippen molar-refractivity contribution < 1.29 is 22.7 Å². The summed E-state index contributed by atoms with van der Waals surface area (Å²) in [6.45, 7) is 5.86. The average Bonchev–Trinajstić information content (AvgIpc) is 3.07. The van der Waals surface area contributed by atoms with E-state index in [0.717, 1.165) is 29.1 Å². The van der Waals surface area contributed by atoms with Gasteiger partial charge < -0.3 is 10.1 Å². The largest absolute Gasteiger partial charge is 0.439 e. The Kier molecular flexibility index (Phi) is 6.06. The molecule has 0 bridgehead atoms. The molecule has 0 spiro atoms. The highest BCUT2D eigenvalue weighted by Crippen LogP contribution is 2.30. The lowest BCUT2D eigenvalue weighted by atomic mass is 10.1. The molecule has 2 aromatic carbocycles. The zero-order valence-electron chi connectivity index (χ0n) is 18.5. The Bertz CT molecular complexity index is 1350. The second-order valence-corrected chi connectivity index (χ2v) is 7.58. The standard InChI is InChI=1S/C24H20F3N5O2/c1-14-15(2)31-32(16(14)3)21-12-22(29-13-28-21)34-20-9-7-19(8-10-20)30-23(33)17-5-4-6-18(11-17)24(25,26)27/h4-13H,1-3H3,(H,30,33).